The Bertz CT molecular complexity index is 1140. The number of hydrogen-bond acceptors (Lipinski definition) is 6. The van der Waals surface area contributed by atoms with Gasteiger partial charge in [0.15, 0.2) is 0 Å². The molecule has 1 aliphatic heterocycles. The van der Waals surface area contributed by atoms with E-state index in [-0.39, 0.29) is 5.91 Å². The number of carbonyl (C=O) groups is 1. The van der Waals surface area contributed by atoms with Crippen LogP contribution in [-0.4, -0.2) is 27.4 Å². The topological polar surface area (TPSA) is 71.0 Å². The molecule has 1 N–H and O–H groups in total. The minimum Gasteiger partial charge on any atom is -0.340 e. The highest BCUT2D eigenvalue weighted by atomic mass is 32.1. The van der Waals surface area contributed by atoms with Crippen molar-refractivity contribution in [2.75, 3.05) is 16.8 Å². The molecule has 0 aliphatic carbocycles. The van der Waals surface area contributed by atoms with E-state index in [4.69, 9.17) is 0 Å². The molecular formula is C20H15N5OS. The highest BCUT2D eigenvalue weighted by molar-refractivity contribution is 7.16. The van der Waals surface area contributed by atoms with E-state index < -0.39 is 0 Å². The maximum absolute atomic E-state index is 12.8. The van der Waals surface area contributed by atoms with Crippen LogP contribution in [0.15, 0.2) is 60.5 Å². The monoisotopic (exact) mass is 373 g/mol. The van der Waals surface area contributed by atoms with Gasteiger partial charge in [0, 0.05) is 30.3 Å². The van der Waals surface area contributed by atoms with Crippen LogP contribution in [0.4, 0.5) is 17.2 Å². The molecule has 7 heteroatoms. The molecule has 27 heavy (non-hydrogen) atoms. The normalized spacial score (nSPS) is 13.0. The number of nitrogens with zero attached hydrogens (tertiary/aromatic N) is 4. The van der Waals surface area contributed by atoms with Gasteiger partial charge < -0.3 is 10.2 Å². The van der Waals surface area contributed by atoms with Crippen LogP contribution in [0.2, 0.25) is 0 Å². The lowest BCUT2D eigenvalue weighted by Crippen LogP contribution is -2.28. The SMILES string of the molecule is O=C(c1cccnc1)N1CCc2cc(Nc3ncnc4sccc34)ccc21. The van der Waals surface area contributed by atoms with Gasteiger partial charge in [-0.25, -0.2) is 9.97 Å². The van der Waals surface area contributed by atoms with Crippen LogP contribution in [0.5, 0.6) is 0 Å². The van der Waals surface area contributed by atoms with Crippen molar-refractivity contribution in [3.05, 3.63) is 71.6 Å². The molecular weight excluding hydrogens is 358 g/mol. The second-order valence-corrected chi connectivity index (χ2v) is 7.17. The highest BCUT2D eigenvalue weighted by Gasteiger charge is 2.25. The minimum atomic E-state index is -0.0154. The van der Waals surface area contributed by atoms with E-state index >= 15 is 0 Å². The molecule has 0 atom stereocenters. The Kier molecular flexibility index (Phi) is 3.79. The fraction of sp³-hybridized carbons (Fsp3) is 0.100. The fourth-order valence-electron chi connectivity index (χ4n) is 3.36. The summed E-state index contributed by atoms with van der Waals surface area (Å²) in [4.78, 5) is 28.2. The zero-order chi connectivity index (χ0) is 18.2. The first-order valence-corrected chi connectivity index (χ1v) is 9.47. The Morgan fingerprint density at radius 3 is 3.04 bits per heavy atom. The first-order chi connectivity index (χ1) is 13.3. The molecule has 1 aliphatic rings. The maximum Gasteiger partial charge on any atom is 0.259 e. The van der Waals surface area contributed by atoms with Crippen molar-refractivity contribution >= 4 is 44.7 Å². The summed E-state index contributed by atoms with van der Waals surface area (Å²) in [7, 11) is 0. The number of fused-ring (bicyclic) bond motifs is 2. The second kappa shape index (κ2) is 6.44. The van der Waals surface area contributed by atoms with Gasteiger partial charge in [-0.1, -0.05) is 0 Å². The van der Waals surface area contributed by atoms with Gasteiger partial charge in [-0.15, -0.1) is 11.3 Å². The Morgan fingerprint density at radius 1 is 1.19 bits per heavy atom. The van der Waals surface area contributed by atoms with Gasteiger partial charge in [-0.05, 0) is 53.8 Å². The van der Waals surface area contributed by atoms with Gasteiger partial charge in [0.1, 0.15) is 17.0 Å². The molecule has 0 saturated carbocycles. The van der Waals surface area contributed by atoms with Crippen molar-refractivity contribution in [1.82, 2.24) is 15.0 Å². The van der Waals surface area contributed by atoms with Crippen molar-refractivity contribution in [1.29, 1.82) is 0 Å². The van der Waals surface area contributed by atoms with Crippen LogP contribution in [0.3, 0.4) is 0 Å². The summed E-state index contributed by atoms with van der Waals surface area (Å²) in [6.45, 7) is 0.675. The molecule has 1 aromatic carbocycles. The Labute approximate surface area is 159 Å². The summed E-state index contributed by atoms with van der Waals surface area (Å²) >= 11 is 1.59. The van der Waals surface area contributed by atoms with Crippen LogP contribution in [0.25, 0.3) is 10.2 Å². The highest BCUT2D eigenvalue weighted by Crippen LogP contribution is 2.33. The van der Waals surface area contributed by atoms with Crippen LogP contribution < -0.4 is 10.2 Å². The number of amides is 1. The zero-order valence-corrected chi connectivity index (χ0v) is 15.1. The number of aromatic nitrogens is 3. The Balaban J connectivity index is 1.43. The number of carbonyl (C=O) groups excluding carboxylic acids is 1. The summed E-state index contributed by atoms with van der Waals surface area (Å²) in [5.41, 5.74) is 3.66. The first kappa shape index (κ1) is 15.9. The van der Waals surface area contributed by atoms with E-state index in [9.17, 15) is 4.79 Å². The van der Waals surface area contributed by atoms with Crippen LogP contribution >= 0.6 is 11.3 Å². The lowest BCUT2D eigenvalue weighted by atomic mass is 10.1. The van der Waals surface area contributed by atoms with Crippen LogP contribution in [0, 0.1) is 0 Å². The molecule has 0 fully saturated rings. The van der Waals surface area contributed by atoms with Crippen molar-refractivity contribution in [3.8, 4) is 0 Å². The average Bonchev–Trinajstić information content (AvgIpc) is 3.35. The minimum absolute atomic E-state index is 0.0154. The van der Waals surface area contributed by atoms with Crippen molar-refractivity contribution in [3.63, 3.8) is 0 Å². The molecule has 5 rings (SSSR count). The largest absolute Gasteiger partial charge is 0.340 e. The number of anilines is 3. The summed E-state index contributed by atoms with van der Waals surface area (Å²) < 4.78 is 0. The summed E-state index contributed by atoms with van der Waals surface area (Å²) in [6, 6.07) is 11.7. The lowest BCUT2D eigenvalue weighted by molar-refractivity contribution is 0.0989. The number of nitrogens with one attached hydrogen (secondary N) is 1. The smallest absolute Gasteiger partial charge is 0.259 e. The van der Waals surface area contributed by atoms with Gasteiger partial charge in [-0.3, -0.25) is 9.78 Å². The number of thiophene rings is 1. The van der Waals surface area contributed by atoms with E-state index in [1.165, 1.54) is 0 Å². The van der Waals surface area contributed by atoms with Crippen LogP contribution in [0.1, 0.15) is 15.9 Å². The predicted molar refractivity (Wildman–Crippen MR) is 107 cm³/mol. The second-order valence-electron chi connectivity index (χ2n) is 6.28. The third kappa shape index (κ3) is 2.82. The molecule has 0 radical (unpaired) electrons. The summed E-state index contributed by atoms with van der Waals surface area (Å²) in [5.74, 6) is 0.779. The van der Waals surface area contributed by atoms with E-state index in [0.717, 1.165) is 39.4 Å². The zero-order valence-electron chi connectivity index (χ0n) is 14.3. The quantitative estimate of drug-likeness (QED) is 0.587. The third-order valence-corrected chi connectivity index (χ3v) is 5.47. The number of hydrogen-bond donors (Lipinski definition) is 1. The molecule has 0 saturated heterocycles. The molecule has 1 amide bonds. The molecule has 132 valence electrons. The maximum atomic E-state index is 12.8. The number of pyridine rings is 1. The van der Waals surface area contributed by atoms with E-state index in [0.29, 0.717) is 12.1 Å². The van der Waals surface area contributed by atoms with Crippen molar-refractivity contribution in [2.45, 2.75) is 6.42 Å². The van der Waals surface area contributed by atoms with Gasteiger partial charge in [0.05, 0.1) is 10.9 Å². The van der Waals surface area contributed by atoms with E-state index in [2.05, 4.69) is 26.3 Å². The van der Waals surface area contributed by atoms with Crippen LogP contribution in [-0.2, 0) is 6.42 Å². The van der Waals surface area contributed by atoms with Gasteiger partial charge in [0.2, 0.25) is 0 Å². The van der Waals surface area contributed by atoms with Gasteiger partial charge in [0.25, 0.3) is 5.91 Å². The molecule has 0 bridgehead atoms. The molecule has 0 spiro atoms. The summed E-state index contributed by atoms with van der Waals surface area (Å²) in [6.07, 6.45) is 5.68. The molecule has 6 nitrogen and oxygen atoms in total. The number of rotatable bonds is 3. The molecule has 3 aromatic heterocycles. The van der Waals surface area contributed by atoms with Crippen molar-refractivity contribution < 1.29 is 4.79 Å². The van der Waals surface area contributed by atoms with Crippen molar-refractivity contribution in [2.24, 2.45) is 0 Å². The Hall–Kier alpha value is -3.32. The standard InChI is InChI=1S/C20H15N5OS/c26-20(14-2-1-7-21-11-14)25-8-5-13-10-15(3-4-17(13)25)24-18-16-6-9-27-19(16)23-12-22-18/h1-4,6-7,9-12H,5,8H2,(H,22,23,24). The summed E-state index contributed by atoms with van der Waals surface area (Å²) in [5, 5.41) is 6.40. The lowest BCUT2D eigenvalue weighted by Gasteiger charge is -2.17. The van der Waals surface area contributed by atoms with E-state index in [1.54, 1.807) is 42.2 Å². The van der Waals surface area contributed by atoms with E-state index in [1.807, 2.05) is 28.5 Å². The molecule has 0 unspecified atom stereocenters. The average molecular weight is 373 g/mol. The first-order valence-electron chi connectivity index (χ1n) is 8.60. The molecule has 4 aromatic rings. The predicted octanol–water partition coefficient (Wildman–Crippen LogP) is 4.03. The number of benzene rings is 1. The fourth-order valence-corrected chi connectivity index (χ4v) is 4.09. The Morgan fingerprint density at radius 2 is 2.15 bits per heavy atom. The van der Waals surface area contributed by atoms with Gasteiger partial charge >= 0.3 is 0 Å². The molecule has 4 heterocycles. The van der Waals surface area contributed by atoms with Gasteiger partial charge in [-0.2, -0.15) is 0 Å². The third-order valence-electron chi connectivity index (χ3n) is 4.65.